The molecule has 1 heterocycles. The summed E-state index contributed by atoms with van der Waals surface area (Å²) >= 11 is 7.52. The molecule has 1 amide bonds. The minimum Gasteiger partial charge on any atom is -0.496 e. The number of carboxylic acid groups (broad SMARTS) is 1. The Morgan fingerprint density at radius 1 is 1.31 bits per heavy atom. The monoisotopic (exact) mass is 391 g/mol. The number of amides is 1. The molecule has 1 aliphatic rings. The molecule has 2 aromatic carbocycles. The van der Waals surface area contributed by atoms with Crippen LogP contribution in [0.3, 0.4) is 0 Å². The molecule has 3 rings (SSSR count). The molecular formula is C19H18ClNO4S. The van der Waals surface area contributed by atoms with E-state index in [4.69, 9.17) is 16.3 Å². The van der Waals surface area contributed by atoms with Crippen LogP contribution < -0.4 is 10.1 Å². The number of benzene rings is 2. The molecule has 0 aliphatic carbocycles. The van der Waals surface area contributed by atoms with Crippen LogP contribution >= 0.6 is 23.4 Å². The molecule has 2 N–H and O–H groups in total. The van der Waals surface area contributed by atoms with Crippen molar-refractivity contribution < 1.29 is 19.4 Å². The molecule has 0 saturated heterocycles. The fourth-order valence-corrected chi connectivity index (χ4v) is 4.73. The number of hydrogen-bond donors (Lipinski definition) is 2. The van der Waals surface area contributed by atoms with Gasteiger partial charge in [0.1, 0.15) is 5.75 Å². The standard InChI is InChI=1S/C19H18ClNO4S/c1-10-12(4-3-5-15(10)25-2)18-13-8-11(20)6-7-14(13)21-19(24)16(26-18)9-17(22)23/h3-8,16,18H,9H2,1-2H3,(H,21,24)(H,22,23). The van der Waals surface area contributed by atoms with E-state index in [0.717, 1.165) is 22.4 Å². The summed E-state index contributed by atoms with van der Waals surface area (Å²) in [4.78, 5) is 23.8. The van der Waals surface area contributed by atoms with Gasteiger partial charge in [-0.3, -0.25) is 9.59 Å². The fraction of sp³-hybridized carbons (Fsp3) is 0.263. The average molecular weight is 392 g/mol. The molecule has 0 fully saturated rings. The van der Waals surface area contributed by atoms with Gasteiger partial charge >= 0.3 is 5.97 Å². The van der Waals surface area contributed by atoms with Gasteiger partial charge in [0.05, 0.1) is 24.0 Å². The summed E-state index contributed by atoms with van der Waals surface area (Å²) in [6.45, 7) is 1.95. The maximum absolute atomic E-state index is 12.5. The lowest BCUT2D eigenvalue weighted by Gasteiger charge is -2.22. The first kappa shape index (κ1) is 18.6. The number of aliphatic carboxylic acids is 1. The number of nitrogens with one attached hydrogen (secondary N) is 1. The normalized spacial score (nSPS) is 19.3. The molecule has 0 radical (unpaired) electrons. The Hall–Kier alpha value is -2.18. The second-order valence-electron chi connectivity index (χ2n) is 6.00. The van der Waals surface area contributed by atoms with Gasteiger partial charge in [-0.2, -0.15) is 0 Å². The summed E-state index contributed by atoms with van der Waals surface area (Å²) < 4.78 is 5.42. The minimum atomic E-state index is -1.01. The van der Waals surface area contributed by atoms with Crippen molar-refractivity contribution in [2.24, 2.45) is 0 Å². The quantitative estimate of drug-likeness (QED) is 0.813. The van der Waals surface area contributed by atoms with E-state index < -0.39 is 11.2 Å². The van der Waals surface area contributed by atoms with Crippen LogP contribution in [-0.4, -0.2) is 29.3 Å². The molecule has 1 aliphatic heterocycles. The van der Waals surface area contributed by atoms with E-state index in [-0.39, 0.29) is 17.6 Å². The van der Waals surface area contributed by atoms with Crippen LogP contribution in [0.25, 0.3) is 0 Å². The topological polar surface area (TPSA) is 75.6 Å². The molecule has 2 unspecified atom stereocenters. The van der Waals surface area contributed by atoms with Crippen LogP contribution in [0, 0.1) is 6.92 Å². The number of halogens is 1. The highest BCUT2D eigenvalue weighted by atomic mass is 35.5. The number of fused-ring (bicyclic) bond motifs is 1. The Labute approximate surface area is 160 Å². The lowest BCUT2D eigenvalue weighted by atomic mass is 9.98. The number of methoxy groups -OCH3 is 1. The Bertz CT molecular complexity index is 871. The highest BCUT2D eigenvalue weighted by molar-refractivity contribution is 8.01. The number of thioether (sulfide) groups is 1. The first-order valence-corrected chi connectivity index (χ1v) is 9.34. The van der Waals surface area contributed by atoms with E-state index in [9.17, 15) is 14.7 Å². The number of ether oxygens (including phenoxy) is 1. The van der Waals surface area contributed by atoms with Gasteiger partial charge in [0.25, 0.3) is 0 Å². The molecule has 136 valence electrons. The third-order valence-corrected chi connectivity index (χ3v) is 6.06. The highest BCUT2D eigenvalue weighted by Gasteiger charge is 2.34. The average Bonchev–Trinajstić information content (AvgIpc) is 2.72. The van der Waals surface area contributed by atoms with Crippen LogP contribution in [0.15, 0.2) is 36.4 Å². The second kappa shape index (κ2) is 7.60. The minimum absolute atomic E-state index is 0.248. The zero-order chi connectivity index (χ0) is 18.8. The molecule has 0 spiro atoms. The molecule has 2 atom stereocenters. The third-order valence-electron chi connectivity index (χ3n) is 4.34. The lowest BCUT2D eigenvalue weighted by Crippen LogP contribution is -2.26. The Balaban J connectivity index is 2.15. The van der Waals surface area contributed by atoms with Crippen LogP contribution in [0.4, 0.5) is 5.69 Å². The van der Waals surface area contributed by atoms with Gasteiger partial charge in [0, 0.05) is 10.7 Å². The van der Waals surface area contributed by atoms with Gasteiger partial charge in [-0.05, 0) is 47.9 Å². The zero-order valence-corrected chi connectivity index (χ0v) is 15.9. The molecule has 26 heavy (non-hydrogen) atoms. The van der Waals surface area contributed by atoms with Crippen molar-refractivity contribution in [1.82, 2.24) is 0 Å². The van der Waals surface area contributed by atoms with Gasteiger partial charge < -0.3 is 15.2 Å². The summed E-state index contributed by atoms with van der Waals surface area (Å²) in [6.07, 6.45) is -0.252. The van der Waals surface area contributed by atoms with Crippen molar-refractivity contribution >= 4 is 40.9 Å². The molecule has 0 bridgehead atoms. The first-order valence-electron chi connectivity index (χ1n) is 8.01. The van der Waals surface area contributed by atoms with Crippen molar-refractivity contribution in [2.45, 2.75) is 23.8 Å². The van der Waals surface area contributed by atoms with E-state index in [1.165, 1.54) is 11.8 Å². The van der Waals surface area contributed by atoms with E-state index in [1.807, 2.05) is 31.2 Å². The lowest BCUT2D eigenvalue weighted by molar-refractivity contribution is -0.138. The number of carbonyl (C=O) groups excluding carboxylic acids is 1. The van der Waals surface area contributed by atoms with Crippen LogP contribution in [-0.2, 0) is 9.59 Å². The smallest absolute Gasteiger partial charge is 0.305 e. The van der Waals surface area contributed by atoms with Crippen LogP contribution in [0.1, 0.15) is 28.4 Å². The molecule has 0 aromatic heterocycles. The first-order chi connectivity index (χ1) is 12.4. The van der Waals surface area contributed by atoms with Crippen molar-refractivity contribution in [1.29, 1.82) is 0 Å². The second-order valence-corrected chi connectivity index (χ2v) is 7.75. The number of hydrogen-bond acceptors (Lipinski definition) is 4. The van der Waals surface area contributed by atoms with Gasteiger partial charge in [-0.1, -0.05) is 23.7 Å². The largest absolute Gasteiger partial charge is 0.496 e. The summed E-state index contributed by atoms with van der Waals surface area (Å²) in [7, 11) is 1.61. The van der Waals surface area contributed by atoms with Crippen molar-refractivity contribution in [2.75, 3.05) is 12.4 Å². The molecular weight excluding hydrogens is 374 g/mol. The van der Waals surface area contributed by atoms with E-state index in [1.54, 1.807) is 19.2 Å². The van der Waals surface area contributed by atoms with E-state index in [0.29, 0.717) is 10.7 Å². The van der Waals surface area contributed by atoms with Crippen molar-refractivity contribution in [3.05, 3.63) is 58.1 Å². The summed E-state index contributed by atoms with van der Waals surface area (Å²) in [6, 6.07) is 11.0. The van der Waals surface area contributed by atoms with Crippen LogP contribution in [0.2, 0.25) is 5.02 Å². The number of carboxylic acids is 1. The maximum Gasteiger partial charge on any atom is 0.305 e. The Kier molecular flexibility index (Phi) is 5.44. The van der Waals surface area contributed by atoms with E-state index >= 15 is 0 Å². The summed E-state index contributed by atoms with van der Waals surface area (Å²) in [5.41, 5.74) is 3.40. The third kappa shape index (κ3) is 3.66. The van der Waals surface area contributed by atoms with Crippen LogP contribution in [0.5, 0.6) is 5.75 Å². The van der Waals surface area contributed by atoms with Crippen molar-refractivity contribution in [3.63, 3.8) is 0 Å². The zero-order valence-electron chi connectivity index (χ0n) is 14.3. The summed E-state index contributed by atoms with van der Waals surface area (Å²) in [5, 5.41) is 11.6. The highest BCUT2D eigenvalue weighted by Crippen LogP contribution is 2.47. The molecule has 5 nitrogen and oxygen atoms in total. The van der Waals surface area contributed by atoms with Crippen molar-refractivity contribution in [3.8, 4) is 5.75 Å². The van der Waals surface area contributed by atoms with Gasteiger partial charge in [-0.25, -0.2) is 0 Å². The van der Waals surface area contributed by atoms with Gasteiger partial charge in [0.2, 0.25) is 5.91 Å². The molecule has 2 aromatic rings. The SMILES string of the molecule is COc1cccc(C2SC(CC(=O)O)C(=O)Nc3ccc(Cl)cc32)c1C. The Morgan fingerprint density at radius 2 is 2.08 bits per heavy atom. The molecule has 0 saturated carbocycles. The number of rotatable bonds is 4. The molecule has 7 heteroatoms. The number of carbonyl (C=O) groups is 2. The summed E-state index contributed by atoms with van der Waals surface area (Å²) in [5.74, 6) is -0.586. The fourth-order valence-electron chi connectivity index (χ4n) is 3.05. The van der Waals surface area contributed by atoms with Gasteiger partial charge in [-0.15, -0.1) is 11.8 Å². The Morgan fingerprint density at radius 3 is 2.77 bits per heavy atom. The van der Waals surface area contributed by atoms with Gasteiger partial charge in [0.15, 0.2) is 0 Å². The predicted octanol–water partition coefficient (Wildman–Crippen LogP) is 4.28. The van der Waals surface area contributed by atoms with E-state index in [2.05, 4.69) is 5.32 Å². The number of anilines is 1. The maximum atomic E-state index is 12.5. The predicted molar refractivity (Wildman–Crippen MR) is 103 cm³/mol.